The van der Waals surface area contributed by atoms with E-state index >= 15 is 0 Å². The summed E-state index contributed by atoms with van der Waals surface area (Å²) in [5, 5.41) is 11.0. The van der Waals surface area contributed by atoms with Crippen molar-refractivity contribution in [2.24, 2.45) is 0 Å². The van der Waals surface area contributed by atoms with Crippen LogP contribution in [0.2, 0.25) is 0 Å². The molecule has 0 spiro atoms. The average Bonchev–Trinajstić information content (AvgIpc) is 2.91. The molecule has 0 aliphatic heterocycles. The first-order valence-electron chi connectivity index (χ1n) is 5.45. The normalized spacial score (nSPS) is 10.9. The highest BCUT2D eigenvalue weighted by Crippen LogP contribution is 2.21. The topological polar surface area (TPSA) is 66.0 Å². The molecule has 3 rings (SSSR count). The fourth-order valence-electron chi connectivity index (χ4n) is 1.81. The number of aromatic nitrogens is 2. The highest BCUT2D eigenvalue weighted by Gasteiger charge is 2.08. The Hall–Kier alpha value is -1.98. The number of H-pyrrole nitrogens is 1. The summed E-state index contributed by atoms with van der Waals surface area (Å²) in [6.07, 6.45) is 0. The minimum atomic E-state index is -0.193. The number of hydrogen-bond acceptors (Lipinski definition) is 4. The minimum Gasteiger partial charge on any atom is -0.392 e. The molecule has 1 aromatic carbocycles. The van der Waals surface area contributed by atoms with Crippen LogP contribution in [0.1, 0.15) is 5.56 Å². The largest absolute Gasteiger partial charge is 0.392 e. The number of aromatic amines is 1. The predicted molar refractivity (Wildman–Crippen MR) is 71.6 cm³/mol. The molecule has 2 aromatic heterocycles. The van der Waals surface area contributed by atoms with Crippen LogP contribution < -0.4 is 5.56 Å². The van der Waals surface area contributed by atoms with Gasteiger partial charge in [0.25, 0.3) is 5.56 Å². The Morgan fingerprint density at radius 2 is 2.22 bits per heavy atom. The lowest BCUT2D eigenvalue weighted by atomic mass is 10.2. The number of nitrogens with one attached hydrogen (secondary N) is 1. The summed E-state index contributed by atoms with van der Waals surface area (Å²) < 4.78 is 0. The molecule has 2 N–H and O–H groups in total. The van der Waals surface area contributed by atoms with Crippen molar-refractivity contribution in [3.63, 3.8) is 0 Å². The van der Waals surface area contributed by atoms with E-state index in [-0.39, 0.29) is 12.2 Å². The standard InChI is InChI=1S/C13H10N2O2S/c16-7-8-3-4-9-10(6-8)14-12(13(17)15-9)11-2-1-5-18-11/h1-6,16H,7H2,(H,15,17). The Labute approximate surface area is 107 Å². The van der Waals surface area contributed by atoms with E-state index in [1.54, 1.807) is 18.2 Å². The molecule has 5 heteroatoms. The average molecular weight is 258 g/mol. The Morgan fingerprint density at radius 1 is 1.33 bits per heavy atom. The lowest BCUT2D eigenvalue weighted by molar-refractivity contribution is 0.282. The second-order valence-electron chi connectivity index (χ2n) is 3.90. The second kappa shape index (κ2) is 4.36. The smallest absolute Gasteiger partial charge is 0.275 e. The lowest BCUT2D eigenvalue weighted by Gasteiger charge is -2.02. The van der Waals surface area contributed by atoms with Crippen LogP contribution in [-0.4, -0.2) is 15.1 Å². The molecular weight excluding hydrogens is 248 g/mol. The number of fused-ring (bicyclic) bond motifs is 1. The molecule has 0 amide bonds. The van der Waals surface area contributed by atoms with Crippen LogP contribution in [0.15, 0.2) is 40.5 Å². The lowest BCUT2D eigenvalue weighted by Crippen LogP contribution is -2.10. The zero-order valence-corrected chi connectivity index (χ0v) is 10.2. The summed E-state index contributed by atoms with van der Waals surface area (Å²) in [5.41, 5.74) is 2.37. The van der Waals surface area contributed by atoms with Gasteiger partial charge < -0.3 is 10.1 Å². The summed E-state index contributed by atoms with van der Waals surface area (Å²) in [6, 6.07) is 9.06. The van der Waals surface area contributed by atoms with E-state index in [0.29, 0.717) is 16.7 Å². The van der Waals surface area contributed by atoms with Crippen LogP contribution >= 0.6 is 11.3 Å². The highest BCUT2D eigenvalue weighted by molar-refractivity contribution is 7.13. The van der Waals surface area contributed by atoms with Crippen molar-refractivity contribution in [2.45, 2.75) is 6.61 Å². The Morgan fingerprint density at radius 3 is 2.94 bits per heavy atom. The van der Waals surface area contributed by atoms with Gasteiger partial charge in [-0.3, -0.25) is 4.79 Å². The molecule has 0 fully saturated rings. The minimum absolute atomic E-state index is 0.0366. The van der Waals surface area contributed by atoms with Crippen molar-refractivity contribution in [3.8, 4) is 10.6 Å². The molecular formula is C13H10N2O2S. The molecule has 4 nitrogen and oxygen atoms in total. The van der Waals surface area contributed by atoms with E-state index in [4.69, 9.17) is 5.11 Å². The van der Waals surface area contributed by atoms with Gasteiger partial charge in [0.05, 0.1) is 22.5 Å². The zero-order valence-electron chi connectivity index (χ0n) is 9.38. The molecule has 0 aliphatic rings. The van der Waals surface area contributed by atoms with E-state index in [1.807, 2.05) is 17.5 Å². The summed E-state index contributed by atoms with van der Waals surface area (Å²) in [4.78, 5) is 20.0. The number of benzene rings is 1. The third kappa shape index (κ3) is 1.83. The Balaban J connectivity index is 2.28. The Kier molecular flexibility index (Phi) is 2.70. The molecule has 3 aromatic rings. The van der Waals surface area contributed by atoms with Crippen molar-refractivity contribution in [1.29, 1.82) is 0 Å². The van der Waals surface area contributed by atoms with Crippen LogP contribution in [0.3, 0.4) is 0 Å². The van der Waals surface area contributed by atoms with Gasteiger partial charge in [-0.05, 0) is 29.1 Å². The van der Waals surface area contributed by atoms with Crippen molar-refractivity contribution >= 4 is 22.4 Å². The highest BCUT2D eigenvalue weighted by atomic mass is 32.1. The molecule has 0 saturated carbocycles. The Bertz CT molecular complexity index is 747. The number of aliphatic hydroxyl groups is 1. The fourth-order valence-corrected chi connectivity index (χ4v) is 2.52. The summed E-state index contributed by atoms with van der Waals surface area (Å²) >= 11 is 1.48. The van der Waals surface area contributed by atoms with E-state index in [2.05, 4.69) is 9.97 Å². The van der Waals surface area contributed by atoms with Gasteiger partial charge >= 0.3 is 0 Å². The number of thiophene rings is 1. The second-order valence-corrected chi connectivity index (χ2v) is 4.85. The number of aliphatic hydroxyl groups excluding tert-OH is 1. The molecule has 0 radical (unpaired) electrons. The van der Waals surface area contributed by atoms with Crippen LogP contribution in [0.4, 0.5) is 0 Å². The molecule has 0 aliphatic carbocycles. The van der Waals surface area contributed by atoms with Crippen molar-refractivity contribution < 1.29 is 5.11 Å². The number of hydrogen-bond donors (Lipinski definition) is 2. The van der Waals surface area contributed by atoms with Gasteiger partial charge in [0, 0.05) is 0 Å². The maximum atomic E-state index is 11.9. The number of rotatable bonds is 2. The van der Waals surface area contributed by atoms with Gasteiger partial charge in [-0.15, -0.1) is 11.3 Å². The van der Waals surface area contributed by atoms with Crippen molar-refractivity contribution in [1.82, 2.24) is 9.97 Å². The first-order valence-corrected chi connectivity index (χ1v) is 6.33. The van der Waals surface area contributed by atoms with Crippen LogP contribution in [0.25, 0.3) is 21.6 Å². The summed E-state index contributed by atoms with van der Waals surface area (Å²) in [7, 11) is 0. The first-order chi connectivity index (χ1) is 8.78. The molecule has 0 atom stereocenters. The fraction of sp³-hybridized carbons (Fsp3) is 0.0769. The molecule has 90 valence electrons. The zero-order chi connectivity index (χ0) is 12.5. The quantitative estimate of drug-likeness (QED) is 0.740. The van der Waals surface area contributed by atoms with Gasteiger partial charge in [-0.25, -0.2) is 4.98 Å². The summed E-state index contributed by atoms with van der Waals surface area (Å²) in [6.45, 7) is -0.0366. The van der Waals surface area contributed by atoms with E-state index in [0.717, 1.165) is 10.4 Å². The predicted octanol–water partition coefficient (Wildman–Crippen LogP) is 2.14. The van der Waals surface area contributed by atoms with Gasteiger partial charge in [0.2, 0.25) is 0 Å². The molecule has 0 bridgehead atoms. The van der Waals surface area contributed by atoms with Crippen LogP contribution in [0, 0.1) is 0 Å². The SMILES string of the molecule is O=c1[nH]c2ccc(CO)cc2nc1-c1cccs1. The van der Waals surface area contributed by atoms with Crippen LogP contribution in [-0.2, 0) is 6.61 Å². The van der Waals surface area contributed by atoms with Crippen molar-refractivity contribution in [2.75, 3.05) is 0 Å². The van der Waals surface area contributed by atoms with Gasteiger partial charge in [0.15, 0.2) is 0 Å². The van der Waals surface area contributed by atoms with Gasteiger partial charge in [-0.1, -0.05) is 12.1 Å². The third-order valence-electron chi connectivity index (χ3n) is 2.69. The van der Waals surface area contributed by atoms with Crippen LogP contribution in [0.5, 0.6) is 0 Å². The molecule has 2 heterocycles. The van der Waals surface area contributed by atoms with Gasteiger partial charge in [0.1, 0.15) is 5.69 Å². The number of nitrogens with zero attached hydrogens (tertiary/aromatic N) is 1. The van der Waals surface area contributed by atoms with Crippen molar-refractivity contribution in [3.05, 3.63) is 51.6 Å². The van der Waals surface area contributed by atoms with Gasteiger partial charge in [-0.2, -0.15) is 0 Å². The van der Waals surface area contributed by atoms with E-state index < -0.39 is 0 Å². The van der Waals surface area contributed by atoms with E-state index in [1.165, 1.54) is 11.3 Å². The summed E-state index contributed by atoms with van der Waals surface area (Å²) in [5.74, 6) is 0. The molecule has 0 unspecified atom stereocenters. The first kappa shape index (κ1) is 11.1. The maximum Gasteiger partial charge on any atom is 0.275 e. The molecule has 0 saturated heterocycles. The maximum absolute atomic E-state index is 11.9. The van der Waals surface area contributed by atoms with E-state index in [9.17, 15) is 4.79 Å². The third-order valence-corrected chi connectivity index (χ3v) is 3.57. The monoisotopic (exact) mass is 258 g/mol. The molecule has 18 heavy (non-hydrogen) atoms.